The molecule has 11 rings (SSSR count). The number of hydrogen-bond donors (Lipinski definition) is 0. The molecule has 0 bridgehead atoms. The number of benzene rings is 10. The molecule has 0 N–H and O–H groups in total. The molecule has 0 amide bonds. The monoisotopic (exact) mass is 696 g/mol. The second-order valence-electron chi connectivity index (χ2n) is 14.7. The minimum Gasteiger partial charge on any atom is -0.0622 e. The van der Waals surface area contributed by atoms with Crippen LogP contribution in [0.3, 0.4) is 0 Å². The molecule has 1 aliphatic rings. The molecule has 1 aliphatic carbocycles. The largest absolute Gasteiger partial charge is 0.0713 e. The van der Waals surface area contributed by atoms with Crippen LogP contribution < -0.4 is 0 Å². The average Bonchev–Trinajstić information content (AvgIpc) is 3.57. The summed E-state index contributed by atoms with van der Waals surface area (Å²) in [6.07, 6.45) is 0. The molecule has 10 aromatic rings. The lowest BCUT2D eigenvalue weighted by atomic mass is 9.67. The molecule has 0 aromatic heterocycles. The smallest absolute Gasteiger partial charge is 0.0622 e. The maximum absolute atomic E-state index is 2.37. The molecule has 10 aromatic carbocycles. The van der Waals surface area contributed by atoms with Gasteiger partial charge in [-0.15, -0.1) is 0 Å². The third kappa shape index (κ3) is 4.65. The van der Waals surface area contributed by atoms with Crippen LogP contribution in [0.4, 0.5) is 0 Å². The topological polar surface area (TPSA) is 0 Å². The summed E-state index contributed by atoms with van der Waals surface area (Å²) in [6.45, 7) is 0. The number of hydrogen-bond acceptors (Lipinski definition) is 0. The molecule has 0 saturated carbocycles. The molecule has 0 saturated heterocycles. The summed E-state index contributed by atoms with van der Waals surface area (Å²) in [4.78, 5) is 0. The molecule has 0 radical (unpaired) electrons. The van der Waals surface area contributed by atoms with Gasteiger partial charge >= 0.3 is 0 Å². The highest BCUT2D eigenvalue weighted by Crippen LogP contribution is 2.56. The van der Waals surface area contributed by atoms with Crippen molar-refractivity contribution in [1.29, 1.82) is 0 Å². The zero-order valence-electron chi connectivity index (χ0n) is 30.3. The van der Waals surface area contributed by atoms with E-state index >= 15 is 0 Å². The van der Waals surface area contributed by atoms with E-state index in [1.54, 1.807) is 0 Å². The quantitative estimate of drug-likeness (QED) is 0.157. The van der Waals surface area contributed by atoms with Crippen molar-refractivity contribution in [2.24, 2.45) is 0 Å². The number of rotatable bonds is 5. The maximum atomic E-state index is 2.37. The van der Waals surface area contributed by atoms with E-state index in [1.165, 1.54) is 99.1 Å². The van der Waals surface area contributed by atoms with E-state index in [0.29, 0.717) is 0 Å². The molecular weight excluding hydrogens is 661 g/mol. The summed E-state index contributed by atoms with van der Waals surface area (Å²) >= 11 is 0. The van der Waals surface area contributed by atoms with Gasteiger partial charge in [0.05, 0.1) is 5.41 Å². The van der Waals surface area contributed by atoms with Crippen LogP contribution in [0.5, 0.6) is 0 Å². The van der Waals surface area contributed by atoms with Gasteiger partial charge < -0.3 is 0 Å². The van der Waals surface area contributed by atoms with E-state index in [2.05, 4.69) is 218 Å². The van der Waals surface area contributed by atoms with Crippen LogP contribution >= 0.6 is 0 Å². The Balaban J connectivity index is 1.11. The Bertz CT molecular complexity index is 2960. The normalized spacial score (nSPS) is 12.9. The molecule has 0 spiro atoms. The van der Waals surface area contributed by atoms with Crippen molar-refractivity contribution in [3.8, 4) is 44.5 Å². The average molecular weight is 697 g/mol. The first kappa shape index (κ1) is 31.5. The Hall–Kier alpha value is -7.02. The predicted molar refractivity (Wildman–Crippen MR) is 233 cm³/mol. The Kier molecular flexibility index (Phi) is 7.19. The van der Waals surface area contributed by atoms with E-state index in [4.69, 9.17) is 0 Å². The lowest BCUT2D eigenvalue weighted by molar-refractivity contribution is 0.768. The van der Waals surface area contributed by atoms with E-state index < -0.39 is 5.41 Å². The first-order chi connectivity index (χ1) is 27.3. The minimum atomic E-state index is -0.410. The van der Waals surface area contributed by atoms with Gasteiger partial charge in [0.15, 0.2) is 0 Å². The van der Waals surface area contributed by atoms with Gasteiger partial charge in [-0.2, -0.15) is 0 Å². The maximum Gasteiger partial charge on any atom is 0.0713 e. The van der Waals surface area contributed by atoms with Crippen LogP contribution in [0.25, 0.3) is 76.8 Å². The summed E-state index contributed by atoms with van der Waals surface area (Å²) in [6, 6.07) is 80.7. The predicted octanol–water partition coefficient (Wildman–Crippen LogP) is 14.5. The Labute approximate surface area is 321 Å². The van der Waals surface area contributed by atoms with Crippen molar-refractivity contribution in [3.63, 3.8) is 0 Å². The SMILES string of the molecule is c1ccc(-c2c3ccccc3c(-c3ccc(-c4ccc(C5(c6ccccc6)c6ccccc6-c6ccccc65)cc4)c4ccccc34)c3ccccc23)cc1. The molecule has 0 atom stereocenters. The van der Waals surface area contributed by atoms with Crippen molar-refractivity contribution in [3.05, 3.63) is 241 Å². The zero-order chi connectivity index (χ0) is 36.3. The van der Waals surface area contributed by atoms with Gasteiger partial charge in [0.1, 0.15) is 0 Å². The fourth-order valence-electron chi connectivity index (χ4n) is 9.71. The fourth-order valence-corrected chi connectivity index (χ4v) is 9.71. The highest BCUT2D eigenvalue weighted by Gasteiger charge is 2.45. The summed E-state index contributed by atoms with van der Waals surface area (Å²) in [5, 5.41) is 7.59. The molecule has 0 heteroatoms. The lowest BCUT2D eigenvalue weighted by Gasteiger charge is -2.34. The summed E-state index contributed by atoms with van der Waals surface area (Å²) in [5.74, 6) is 0. The van der Waals surface area contributed by atoms with Gasteiger partial charge in [-0.1, -0.05) is 218 Å². The zero-order valence-corrected chi connectivity index (χ0v) is 30.3. The second-order valence-corrected chi connectivity index (χ2v) is 14.7. The van der Waals surface area contributed by atoms with Gasteiger partial charge in [-0.25, -0.2) is 0 Å². The summed E-state index contributed by atoms with van der Waals surface area (Å²) in [7, 11) is 0. The standard InChI is InChI=1S/C55H36/c1-3-17-38(18-4-1)53-46-25-9-11-27-48(46)54(49-28-12-10-26-47(49)53)50-36-35-41(42-21-7-8-22-43(42)50)37-31-33-40(34-32-37)55(39-19-5-2-6-20-39)51-29-15-13-23-44(51)45-24-14-16-30-52(45)55/h1-36H. The van der Waals surface area contributed by atoms with Gasteiger partial charge in [0.2, 0.25) is 0 Å². The molecule has 0 heterocycles. The highest BCUT2D eigenvalue weighted by molar-refractivity contribution is 6.24. The van der Waals surface area contributed by atoms with Crippen molar-refractivity contribution >= 4 is 32.3 Å². The first-order valence-corrected chi connectivity index (χ1v) is 19.2. The van der Waals surface area contributed by atoms with Crippen LogP contribution in [-0.4, -0.2) is 0 Å². The van der Waals surface area contributed by atoms with Crippen LogP contribution in [0.2, 0.25) is 0 Å². The molecular formula is C55H36. The van der Waals surface area contributed by atoms with E-state index in [1.807, 2.05) is 0 Å². The molecule has 55 heavy (non-hydrogen) atoms. The summed E-state index contributed by atoms with van der Waals surface area (Å²) in [5.41, 5.74) is 15.0. The van der Waals surface area contributed by atoms with E-state index in [0.717, 1.165) is 0 Å². The van der Waals surface area contributed by atoms with Crippen molar-refractivity contribution in [2.45, 2.75) is 5.41 Å². The molecule has 0 fully saturated rings. The molecule has 0 unspecified atom stereocenters. The third-order valence-electron chi connectivity index (χ3n) is 12.0. The van der Waals surface area contributed by atoms with Gasteiger partial charge in [-0.05, 0) is 99.1 Å². The van der Waals surface area contributed by atoms with E-state index in [9.17, 15) is 0 Å². The van der Waals surface area contributed by atoms with Gasteiger partial charge in [-0.3, -0.25) is 0 Å². The Morgan fingerprint density at radius 2 is 0.618 bits per heavy atom. The van der Waals surface area contributed by atoms with Crippen LogP contribution in [0.1, 0.15) is 22.3 Å². The van der Waals surface area contributed by atoms with Gasteiger partial charge in [0, 0.05) is 0 Å². The van der Waals surface area contributed by atoms with Crippen molar-refractivity contribution < 1.29 is 0 Å². The summed E-state index contributed by atoms with van der Waals surface area (Å²) < 4.78 is 0. The van der Waals surface area contributed by atoms with Gasteiger partial charge in [0.25, 0.3) is 0 Å². The third-order valence-corrected chi connectivity index (χ3v) is 12.0. The Morgan fingerprint density at radius 3 is 1.18 bits per heavy atom. The number of fused-ring (bicyclic) bond motifs is 6. The second kappa shape index (κ2) is 12.5. The first-order valence-electron chi connectivity index (χ1n) is 19.2. The lowest BCUT2D eigenvalue weighted by Crippen LogP contribution is -2.28. The minimum absolute atomic E-state index is 0.410. The van der Waals surface area contributed by atoms with Crippen LogP contribution in [0.15, 0.2) is 218 Å². The fraction of sp³-hybridized carbons (Fsp3) is 0.0182. The molecule has 0 aliphatic heterocycles. The van der Waals surface area contributed by atoms with E-state index in [-0.39, 0.29) is 0 Å². The molecule has 256 valence electrons. The highest BCUT2D eigenvalue weighted by atomic mass is 14.5. The van der Waals surface area contributed by atoms with Crippen molar-refractivity contribution in [1.82, 2.24) is 0 Å². The van der Waals surface area contributed by atoms with Crippen LogP contribution in [0, 0.1) is 0 Å². The molecule has 0 nitrogen and oxygen atoms in total. The van der Waals surface area contributed by atoms with Crippen LogP contribution in [-0.2, 0) is 5.41 Å². The van der Waals surface area contributed by atoms with Crippen molar-refractivity contribution in [2.75, 3.05) is 0 Å². The Morgan fingerprint density at radius 1 is 0.218 bits per heavy atom.